The Morgan fingerprint density at radius 1 is 0.906 bits per heavy atom. The Bertz CT molecular complexity index is 834. The van der Waals surface area contributed by atoms with Crippen LogP contribution in [-0.2, 0) is 9.47 Å². The summed E-state index contributed by atoms with van der Waals surface area (Å²) in [4.78, 5) is 50.6. The summed E-state index contributed by atoms with van der Waals surface area (Å²) in [6.45, 7) is 10.9. The molecule has 9 heteroatoms. The maximum absolute atomic E-state index is 12.7. The van der Waals surface area contributed by atoms with Gasteiger partial charge >= 0.3 is 12.2 Å². The molecule has 0 spiro atoms. The van der Waals surface area contributed by atoms with E-state index in [-0.39, 0.29) is 6.54 Å². The Morgan fingerprint density at radius 2 is 1.41 bits per heavy atom. The minimum atomic E-state index is -0.692. The van der Waals surface area contributed by atoms with Gasteiger partial charge in [0.15, 0.2) is 0 Å². The normalized spacial score (nSPS) is 14.6. The molecule has 9 nitrogen and oxygen atoms in total. The molecule has 1 heterocycles. The van der Waals surface area contributed by atoms with Crippen LogP contribution in [0.2, 0.25) is 0 Å². The zero-order valence-electron chi connectivity index (χ0n) is 19.6. The molecule has 1 aromatic carbocycles. The van der Waals surface area contributed by atoms with E-state index in [1.807, 2.05) is 0 Å². The van der Waals surface area contributed by atoms with Gasteiger partial charge in [0.2, 0.25) is 0 Å². The van der Waals surface area contributed by atoms with E-state index >= 15 is 0 Å². The number of nitrogens with zero attached hydrogens (tertiary/aromatic N) is 1. The second-order valence-electron chi connectivity index (χ2n) is 9.68. The SMILES string of the molecule is CC(C)(C)OC(=O)NCCC[C@H](CN1C(=O)c2ccccc2C1=O)NC(=O)OC(C)(C)C. The van der Waals surface area contributed by atoms with Crippen molar-refractivity contribution in [3.63, 3.8) is 0 Å². The topological polar surface area (TPSA) is 114 Å². The van der Waals surface area contributed by atoms with E-state index in [9.17, 15) is 19.2 Å². The molecule has 1 aliphatic heterocycles. The quantitative estimate of drug-likeness (QED) is 0.489. The number of rotatable bonds is 7. The molecule has 0 aromatic heterocycles. The Labute approximate surface area is 188 Å². The van der Waals surface area contributed by atoms with Crippen molar-refractivity contribution in [3.8, 4) is 0 Å². The third-order valence-corrected chi connectivity index (χ3v) is 4.40. The average molecular weight is 448 g/mol. The van der Waals surface area contributed by atoms with Crippen molar-refractivity contribution >= 4 is 24.0 Å². The van der Waals surface area contributed by atoms with E-state index in [4.69, 9.17) is 9.47 Å². The highest BCUT2D eigenvalue weighted by atomic mass is 16.6. The molecule has 32 heavy (non-hydrogen) atoms. The third-order valence-electron chi connectivity index (χ3n) is 4.40. The zero-order chi connectivity index (χ0) is 24.1. The number of amides is 4. The van der Waals surface area contributed by atoms with Gasteiger partial charge in [-0.2, -0.15) is 0 Å². The molecule has 1 atom stereocenters. The van der Waals surface area contributed by atoms with Gasteiger partial charge in [0, 0.05) is 13.1 Å². The zero-order valence-corrected chi connectivity index (χ0v) is 19.6. The van der Waals surface area contributed by atoms with Gasteiger partial charge < -0.3 is 20.1 Å². The van der Waals surface area contributed by atoms with E-state index < -0.39 is 41.2 Å². The summed E-state index contributed by atoms with van der Waals surface area (Å²) in [7, 11) is 0. The number of carbonyl (C=O) groups is 4. The van der Waals surface area contributed by atoms with Crippen LogP contribution in [0.4, 0.5) is 9.59 Å². The molecule has 2 N–H and O–H groups in total. The second kappa shape index (κ2) is 10.0. The third kappa shape index (κ3) is 7.55. The number of imide groups is 1. The highest BCUT2D eigenvalue weighted by Crippen LogP contribution is 2.23. The Kier molecular flexibility index (Phi) is 7.87. The number of hydrogen-bond acceptors (Lipinski definition) is 6. The van der Waals surface area contributed by atoms with Crippen LogP contribution >= 0.6 is 0 Å². The number of benzene rings is 1. The second-order valence-corrected chi connectivity index (χ2v) is 9.68. The van der Waals surface area contributed by atoms with Crippen LogP contribution in [0, 0.1) is 0 Å². The van der Waals surface area contributed by atoms with Crippen LogP contribution in [-0.4, -0.2) is 59.2 Å². The molecule has 0 bridgehead atoms. The summed E-state index contributed by atoms with van der Waals surface area (Å²) >= 11 is 0. The fourth-order valence-electron chi connectivity index (χ4n) is 3.16. The highest BCUT2D eigenvalue weighted by molar-refractivity contribution is 6.21. The molecular formula is C23H33N3O6. The van der Waals surface area contributed by atoms with Gasteiger partial charge in [0.05, 0.1) is 17.2 Å². The number of carbonyl (C=O) groups excluding carboxylic acids is 4. The van der Waals surface area contributed by atoms with Gasteiger partial charge in [-0.25, -0.2) is 9.59 Å². The molecule has 4 amide bonds. The standard InChI is InChI=1S/C23H33N3O6/c1-22(2,3)31-20(29)24-13-9-10-15(25-21(30)32-23(4,5)6)14-26-18(27)16-11-7-8-12-17(16)19(26)28/h7-8,11-12,15H,9-10,13-14H2,1-6H3,(H,24,29)(H,25,30)/t15-/m1/s1. The summed E-state index contributed by atoms with van der Waals surface area (Å²) < 4.78 is 10.5. The fraction of sp³-hybridized carbons (Fsp3) is 0.565. The first-order valence-electron chi connectivity index (χ1n) is 10.7. The van der Waals surface area contributed by atoms with Crippen molar-refractivity contribution in [2.24, 2.45) is 0 Å². The lowest BCUT2D eigenvalue weighted by molar-refractivity contribution is 0.0459. The lowest BCUT2D eigenvalue weighted by Gasteiger charge is -2.26. The van der Waals surface area contributed by atoms with Gasteiger partial charge in [-0.05, 0) is 66.5 Å². The molecule has 0 saturated carbocycles. The Morgan fingerprint density at radius 3 is 1.91 bits per heavy atom. The van der Waals surface area contributed by atoms with Crippen LogP contribution < -0.4 is 10.6 Å². The van der Waals surface area contributed by atoms with Gasteiger partial charge in [-0.3, -0.25) is 14.5 Å². The van der Waals surface area contributed by atoms with Gasteiger partial charge in [-0.15, -0.1) is 0 Å². The van der Waals surface area contributed by atoms with E-state index in [1.165, 1.54) is 0 Å². The van der Waals surface area contributed by atoms with E-state index in [2.05, 4.69) is 10.6 Å². The van der Waals surface area contributed by atoms with Gasteiger partial charge in [0.1, 0.15) is 11.2 Å². The first-order valence-corrected chi connectivity index (χ1v) is 10.7. The lowest BCUT2D eigenvalue weighted by Crippen LogP contribution is -2.47. The van der Waals surface area contributed by atoms with Crippen LogP contribution in [0.25, 0.3) is 0 Å². The monoisotopic (exact) mass is 447 g/mol. The molecule has 0 aliphatic carbocycles. The minimum Gasteiger partial charge on any atom is -0.444 e. The molecule has 0 fully saturated rings. The minimum absolute atomic E-state index is 0.00196. The van der Waals surface area contributed by atoms with E-state index in [1.54, 1.807) is 65.8 Å². The predicted octanol–water partition coefficient (Wildman–Crippen LogP) is 3.48. The van der Waals surface area contributed by atoms with E-state index in [0.717, 1.165) is 4.90 Å². The van der Waals surface area contributed by atoms with Crippen LogP contribution in [0.3, 0.4) is 0 Å². The summed E-state index contributed by atoms with van der Waals surface area (Å²) in [5.74, 6) is -0.790. The summed E-state index contributed by atoms with van der Waals surface area (Å²) in [5, 5.41) is 5.40. The van der Waals surface area contributed by atoms with Crippen molar-refractivity contribution in [1.82, 2.24) is 15.5 Å². The number of hydrogen-bond donors (Lipinski definition) is 2. The molecule has 176 valence electrons. The molecular weight excluding hydrogens is 414 g/mol. The maximum atomic E-state index is 12.7. The maximum Gasteiger partial charge on any atom is 0.407 e. The molecule has 0 radical (unpaired) electrons. The molecule has 0 saturated heterocycles. The first-order chi connectivity index (χ1) is 14.8. The largest absolute Gasteiger partial charge is 0.444 e. The van der Waals surface area contributed by atoms with Crippen molar-refractivity contribution in [2.45, 2.75) is 71.6 Å². The highest BCUT2D eigenvalue weighted by Gasteiger charge is 2.36. The van der Waals surface area contributed by atoms with Gasteiger partial charge in [-0.1, -0.05) is 12.1 Å². The van der Waals surface area contributed by atoms with Crippen LogP contribution in [0.15, 0.2) is 24.3 Å². The van der Waals surface area contributed by atoms with Gasteiger partial charge in [0.25, 0.3) is 11.8 Å². The summed E-state index contributed by atoms with van der Waals surface area (Å²) in [5.41, 5.74) is -0.598. The summed E-state index contributed by atoms with van der Waals surface area (Å²) in [6, 6.07) is 6.07. The Hall–Kier alpha value is -3.10. The molecule has 2 rings (SSSR count). The van der Waals surface area contributed by atoms with Crippen molar-refractivity contribution < 1.29 is 28.7 Å². The lowest BCUT2D eigenvalue weighted by atomic mass is 10.1. The fourth-order valence-corrected chi connectivity index (χ4v) is 3.16. The van der Waals surface area contributed by atoms with Crippen molar-refractivity contribution in [2.75, 3.05) is 13.1 Å². The predicted molar refractivity (Wildman–Crippen MR) is 118 cm³/mol. The van der Waals surface area contributed by atoms with Crippen LogP contribution in [0.5, 0.6) is 0 Å². The van der Waals surface area contributed by atoms with E-state index in [0.29, 0.717) is 30.5 Å². The number of alkyl carbamates (subject to hydrolysis) is 2. The number of ether oxygens (including phenoxy) is 2. The average Bonchev–Trinajstić information content (AvgIpc) is 2.87. The smallest absolute Gasteiger partial charge is 0.407 e. The van der Waals surface area contributed by atoms with Crippen molar-refractivity contribution in [1.29, 1.82) is 0 Å². The number of fused-ring (bicyclic) bond motifs is 1. The number of nitrogens with one attached hydrogen (secondary N) is 2. The molecule has 1 aliphatic rings. The molecule has 0 unspecified atom stereocenters. The van der Waals surface area contributed by atoms with Crippen LogP contribution in [0.1, 0.15) is 75.1 Å². The summed E-state index contributed by atoms with van der Waals surface area (Å²) in [6.07, 6.45) is -0.278. The molecule has 1 aromatic rings. The van der Waals surface area contributed by atoms with Crippen molar-refractivity contribution in [3.05, 3.63) is 35.4 Å². The Balaban J connectivity index is 2.00. The first kappa shape index (κ1) is 25.2.